The average Bonchev–Trinajstić information content (AvgIpc) is 2.16. The highest BCUT2D eigenvalue weighted by Gasteiger charge is 2.16. The summed E-state index contributed by atoms with van der Waals surface area (Å²) in [6, 6.07) is 7.81. The SMILES string of the molecule is CCOc1cccc(OCC2CNC2)c1. The molecule has 1 fully saturated rings. The van der Waals surface area contributed by atoms with E-state index in [4.69, 9.17) is 9.47 Å². The Hall–Kier alpha value is -1.22. The minimum atomic E-state index is 0.667. The summed E-state index contributed by atoms with van der Waals surface area (Å²) < 4.78 is 11.1. The lowest BCUT2D eigenvalue weighted by atomic mass is 10.1. The summed E-state index contributed by atoms with van der Waals surface area (Å²) in [6.07, 6.45) is 0. The van der Waals surface area contributed by atoms with Gasteiger partial charge in [-0.3, -0.25) is 0 Å². The molecule has 15 heavy (non-hydrogen) atoms. The van der Waals surface area contributed by atoms with Crippen molar-refractivity contribution >= 4 is 0 Å². The maximum Gasteiger partial charge on any atom is 0.123 e. The molecule has 1 aliphatic rings. The van der Waals surface area contributed by atoms with Crippen molar-refractivity contribution in [2.75, 3.05) is 26.3 Å². The van der Waals surface area contributed by atoms with E-state index in [-0.39, 0.29) is 0 Å². The number of hydrogen-bond donors (Lipinski definition) is 1. The minimum Gasteiger partial charge on any atom is -0.494 e. The van der Waals surface area contributed by atoms with E-state index in [1.54, 1.807) is 0 Å². The molecule has 3 nitrogen and oxygen atoms in total. The largest absolute Gasteiger partial charge is 0.494 e. The fourth-order valence-electron chi connectivity index (χ4n) is 1.50. The molecule has 0 saturated carbocycles. The molecule has 0 radical (unpaired) electrons. The van der Waals surface area contributed by atoms with Gasteiger partial charge in [0.2, 0.25) is 0 Å². The second-order valence-corrected chi connectivity index (χ2v) is 3.74. The molecule has 1 aromatic carbocycles. The van der Waals surface area contributed by atoms with Gasteiger partial charge < -0.3 is 14.8 Å². The van der Waals surface area contributed by atoms with Crippen molar-refractivity contribution in [2.45, 2.75) is 6.92 Å². The van der Waals surface area contributed by atoms with Crippen molar-refractivity contribution in [3.63, 3.8) is 0 Å². The van der Waals surface area contributed by atoms with E-state index in [9.17, 15) is 0 Å². The van der Waals surface area contributed by atoms with Crippen molar-refractivity contribution in [2.24, 2.45) is 5.92 Å². The maximum atomic E-state index is 5.68. The van der Waals surface area contributed by atoms with Gasteiger partial charge in [0.15, 0.2) is 0 Å². The van der Waals surface area contributed by atoms with Crippen LogP contribution in [0, 0.1) is 5.92 Å². The highest BCUT2D eigenvalue weighted by molar-refractivity contribution is 5.32. The summed E-state index contributed by atoms with van der Waals surface area (Å²) in [4.78, 5) is 0. The Balaban J connectivity index is 1.86. The molecule has 2 rings (SSSR count). The van der Waals surface area contributed by atoms with Crippen molar-refractivity contribution in [3.8, 4) is 11.5 Å². The molecule has 0 aliphatic carbocycles. The van der Waals surface area contributed by atoms with Crippen molar-refractivity contribution in [3.05, 3.63) is 24.3 Å². The Morgan fingerprint density at radius 3 is 2.60 bits per heavy atom. The molecule has 1 N–H and O–H groups in total. The number of hydrogen-bond acceptors (Lipinski definition) is 3. The molecule has 0 aromatic heterocycles. The molecule has 1 aliphatic heterocycles. The molecular formula is C12H17NO2. The second kappa shape index (κ2) is 5.03. The van der Waals surface area contributed by atoms with Crippen LogP contribution in [0.2, 0.25) is 0 Å². The van der Waals surface area contributed by atoms with Gasteiger partial charge in [0.05, 0.1) is 13.2 Å². The first kappa shape index (κ1) is 10.3. The van der Waals surface area contributed by atoms with Crippen LogP contribution in [0.15, 0.2) is 24.3 Å². The summed E-state index contributed by atoms with van der Waals surface area (Å²) in [5.74, 6) is 2.44. The fraction of sp³-hybridized carbons (Fsp3) is 0.500. The van der Waals surface area contributed by atoms with E-state index in [0.717, 1.165) is 31.2 Å². The third kappa shape index (κ3) is 2.86. The predicted molar refractivity (Wildman–Crippen MR) is 59.5 cm³/mol. The van der Waals surface area contributed by atoms with E-state index in [1.807, 2.05) is 31.2 Å². The van der Waals surface area contributed by atoms with Gasteiger partial charge in [-0.05, 0) is 19.1 Å². The van der Waals surface area contributed by atoms with Gasteiger partial charge in [-0.15, -0.1) is 0 Å². The highest BCUT2D eigenvalue weighted by Crippen LogP contribution is 2.20. The van der Waals surface area contributed by atoms with Gasteiger partial charge in [-0.1, -0.05) is 6.07 Å². The molecule has 82 valence electrons. The van der Waals surface area contributed by atoms with Gasteiger partial charge in [0.25, 0.3) is 0 Å². The first-order valence-electron chi connectivity index (χ1n) is 5.45. The molecule has 1 saturated heterocycles. The molecule has 0 amide bonds. The average molecular weight is 207 g/mol. The number of ether oxygens (including phenoxy) is 2. The molecule has 1 aromatic rings. The zero-order chi connectivity index (χ0) is 10.5. The van der Waals surface area contributed by atoms with Crippen LogP contribution >= 0.6 is 0 Å². The predicted octanol–water partition coefficient (Wildman–Crippen LogP) is 1.68. The fourth-order valence-corrected chi connectivity index (χ4v) is 1.50. The molecule has 3 heteroatoms. The van der Waals surface area contributed by atoms with Crippen molar-refractivity contribution in [1.29, 1.82) is 0 Å². The zero-order valence-corrected chi connectivity index (χ0v) is 9.03. The van der Waals surface area contributed by atoms with Crippen LogP contribution in [-0.4, -0.2) is 26.3 Å². The lowest BCUT2D eigenvalue weighted by molar-refractivity contribution is 0.198. The normalized spacial score (nSPS) is 15.8. The number of nitrogens with one attached hydrogen (secondary N) is 1. The van der Waals surface area contributed by atoms with E-state index in [0.29, 0.717) is 12.5 Å². The zero-order valence-electron chi connectivity index (χ0n) is 9.03. The monoisotopic (exact) mass is 207 g/mol. The van der Waals surface area contributed by atoms with Crippen molar-refractivity contribution in [1.82, 2.24) is 5.32 Å². The Morgan fingerprint density at radius 1 is 1.27 bits per heavy atom. The van der Waals surface area contributed by atoms with E-state index in [1.165, 1.54) is 0 Å². The summed E-state index contributed by atoms with van der Waals surface area (Å²) in [5.41, 5.74) is 0. The Morgan fingerprint density at radius 2 is 2.00 bits per heavy atom. The molecule has 0 spiro atoms. The molecule has 0 bridgehead atoms. The van der Waals surface area contributed by atoms with Crippen LogP contribution in [0.25, 0.3) is 0 Å². The standard InChI is InChI=1S/C12H17NO2/c1-2-14-11-4-3-5-12(6-11)15-9-10-7-13-8-10/h3-6,10,13H,2,7-9H2,1H3. The topological polar surface area (TPSA) is 30.5 Å². The highest BCUT2D eigenvalue weighted by atomic mass is 16.5. The van der Waals surface area contributed by atoms with Crippen LogP contribution in [0.4, 0.5) is 0 Å². The quantitative estimate of drug-likeness (QED) is 0.797. The van der Waals surface area contributed by atoms with Crippen LogP contribution < -0.4 is 14.8 Å². The Labute approximate surface area is 90.4 Å². The Kier molecular flexibility index (Phi) is 3.45. The van der Waals surface area contributed by atoms with Gasteiger partial charge in [0, 0.05) is 25.1 Å². The van der Waals surface area contributed by atoms with Gasteiger partial charge >= 0.3 is 0 Å². The van der Waals surface area contributed by atoms with Gasteiger partial charge in [-0.25, -0.2) is 0 Å². The van der Waals surface area contributed by atoms with Crippen LogP contribution in [0.3, 0.4) is 0 Å². The summed E-state index contributed by atoms with van der Waals surface area (Å²) in [5, 5.41) is 3.22. The lowest BCUT2D eigenvalue weighted by Gasteiger charge is -2.26. The number of rotatable bonds is 5. The summed E-state index contributed by atoms with van der Waals surface area (Å²) in [7, 11) is 0. The van der Waals surface area contributed by atoms with E-state index >= 15 is 0 Å². The molecule has 0 unspecified atom stereocenters. The molecular weight excluding hydrogens is 190 g/mol. The van der Waals surface area contributed by atoms with Crippen LogP contribution in [-0.2, 0) is 0 Å². The molecule has 1 heterocycles. The Bertz CT molecular complexity index is 310. The minimum absolute atomic E-state index is 0.667. The molecule has 0 atom stereocenters. The smallest absolute Gasteiger partial charge is 0.123 e. The third-order valence-electron chi connectivity index (χ3n) is 2.47. The van der Waals surface area contributed by atoms with Gasteiger partial charge in [-0.2, -0.15) is 0 Å². The first-order chi connectivity index (χ1) is 7.38. The maximum absolute atomic E-state index is 5.68. The van der Waals surface area contributed by atoms with Crippen LogP contribution in [0.5, 0.6) is 11.5 Å². The summed E-state index contributed by atoms with van der Waals surface area (Å²) in [6.45, 7) is 5.61. The van der Waals surface area contributed by atoms with E-state index in [2.05, 4.69) is 5.32 Å². The second-order valence-electron chi connectivity index (χ2n) is 3.74. The lowest BCUT2D eigenvalue weighted by Crippen LogP contribution is -2.45. The van der Waals surface area contributed by atoms with Gasteiger partial charge in [0.1, 0.15) is 11.5 Å². The van der Waals surface area contributed by atoms with E-state index < -0.39 is 0 Å². The van der Waals surface area contributed by atoms with Crippen molar-refractivity contribution < 1.29 is 9.47 Å². The van der Waals surface area contributed by atoms with Crippen LogP contribution in [0.1, 0.15) is 6.92 Å². The third-order valence-corrected chi connectivity index (χ3v) is 2.47. The summed E-state index contributed by atoms with van der Waals surface area (Å²) >= 11 is 0. The number of benzene rings is 1. The first-order valence-corrected chi connectivity index (χ1v) is 5.45.